The van der Waals surface area contributed by atoms with Gasteiger partial charge < -0.3 is 0 Å². The molecule has 0 atom stereocenters. The Balaban J connectivity index is 2.83. The van der Waals surface area contributed by atoms with Crippen molar-refractivity contribution in [3.05, 3.63) is 66.3 Å². The van der Waals surface area contributed by atoms with Gasteiger partial charge in [0.1, 0.15) is 0 Å². The SMILES string of the molecule is C=C(/C=C\C(=C/C)C(C)(C)S)c1ccccc1. The maximum atomic E-state index is 4.57. The van der Waals surface area contributed by atoms with Gasteiger partial charge >= 0.3 is 0 Å². The molecule has 0 aliphatic carbocycles. The lowest BCUT2D eigenvalue weighted by Crippen LogP contribution is -2.12. The molecule has 0 heterocycles. The lowest BCUT2D eigenvalue weighted by molar-refractivity contribution is 0.863. The van der Waals surface area contributed by atoms with Crippen molar-refractivity contribution in [2.24, 2.45) is 0 Å². The van der Waals surface area contributed by atoms with Gasteiger partial charge in [-0.05, 0) is 37.5 Å². The Labute approximate surface area is 110 Å². The van der Waals surface area contributed by atoms with E-state index in [4.69, 9.17) is 0 Å². The van der Waals surface area contributed by atoms with Gasteiger partial charge in [-0.25, -0.2) is 0 Å². The second kappa shape index (κ2) is 5.92. The molecule has 0 aliphatic rings. The van der Waals surface area contributed by atoms with Crippen molar-refractivity contribution in [2.75, 3.05) is 0 Å². The van der Waals surface area contributed by atoms with Gasteiger partial charge in [-0.1, -0.05) is 55.1 Å². The second-order valence-corrected chi connectivity index (χ2v) is 5.65. The Kier molecular flexibility index (Phi) is 4.83. The number of rotatable bonds is 4. The summed E-state index contributed by atoms with van der Waals surface area (Å²) in [6.07, 6.45) is 6.22. The number of thiol groups is 1. The number of benzene rings is 1. The van der Waals surface area contributed by atoms with Crippen LogP contribution in [0.15, 0.2) is 60.7 Å². The highest BCUT2D eigenvalue weighted by Gasteiger charge is 2.14. The standard InChI is InChI=1S/C16H20S/c1-5-15(16(3,4)17)12-11-13(2)14-9-7-6-8-10-14/h5-12,17H,2H2,1,3-4H3/b12-11-,15-5+. The number of hydrogen-bond donors (Lipinski definition) is 1. The smallest absolute Gasteiger partial charge is 0.0318 e. The highest BCUT2D eigenvalue weighted by molar-refractivity contribution is 7.82. The average molecular weight is 244 g/mol. The topological polar surface area (TPSA) is 0 Å². The second-order valence-electron chi connectivity index (χ2n) is 4.53. The van der Waals surface area contributed by atoms with Crippen LogP contribution in [-0.2, 0) is 0 Å². The van der Waals surface area contributed by atoms with Gasteiger partial charge in [0.2, 0.25) is 0 Å². The first-order chi connectivity index (χ1) is 7.95. The number of hydrogen-bond acceptors (Lipinski definition) is 1. The van der Waals surface area contributed by atoms with Crippen molar-refractivity contribution in [2.45, 2.75) is 25.5 Å². The van der Waals surface area contributed by atoms with Crippen LogP contribution >= 0.6 is 12.6 Å². The minimum absolute atomic E-state index is 0.123. The molecule has 90 valence electrons. The zero-order valence-electron chi connectivity index (χ0n) is 10.8. The monoisotopic (exact) mass is 244 g/mol. The molecule has 1 heteroatoms. The molecule has 0 spiro atoms. The summed E-state index contributed by atoms with van der Waals surface area (Å²) in [6, 6.07) is 10.2. The van der Waals surface area contributed by atoms with Gasteiger partial charge in [0.05, 0.1) is 0 Å². The van der Waals surface area contributed by atoms with E-state index in [2.05, 4.69) is 57.3 Å². The van der Waals surface area contributed by atoms with Crippen LogP contribution in [0.3, 0.4) is 0 Å². The highest BCUT2D eigenvalue weighted by Crippen LogP contribution is 2.25. The molecule has 0 radical (unpaired) electrons. The number of allylic oxidation sites excluding steroid dienone is 4. The van der Waals surface area contributed by atoms with Crippen LogP contribution < -0.4 is 0 Å². The molecular formula is C16H20S. The van der Waals surface area contributed by atoms with Crippen LogP contribution in [0.1, 0.15) is 26.3 Å². The minimum atomic E-state index is -0.123. The van der Waals surface area contributed by atoms with Crippen LogP contribution in [0.2, 0.25) is 0 Å². The first kappa shape index (κ1) is 13.9. The van der Waals surface area contributed by atoms with Crippen molar-refractivity contribution in [3.8, 4) is 0 Å². The molecule has 1 aromatic carbocycles. The van der Waals surface area contributed by atoms with Crippen LogP contribution in [0.25, 0.3) is 5.57 Å². The largest absolute Gasteiger partial charge is 0.168 e. The zero-order chi connectivity index (χ0) is 12.9. The first-order valence-corrected chi connectivity index (χ1v) is 6.21. The predicted octanol–water partition coefficient (Wildman–Crippen LogP) is 4.91. The summed E-state index contributed by atoms with van der Waals surface area (Å²) in [5, 5.41) is 0. The minimum Gasteiger partial charge on any atom is -0.168 e. The van der Waals surface area contributed by atoms with E-state index in [1.807, 2.05) is 31.2 Å². The molecule has 1 rings (SSSR count). The van der Waals surface area contributed by atoms with Crippen molar-refractivity contribution in [1.29, 1.82) is 0 Å². The summed E-state index contributed by atoms with van der Waals surface area (Å²) in [7, 11) is 0. The fraction of sp³-hybridized carbons (Fsp3) is 0.250. The Hall–Kier alpha value is -1.21. The molecule has 0 amide bonds. The Morgan fingerprint density at radius 2 is 1.76 bits per heavy atom. The van der Waals surface area contributed by atoms with Crippen molar-refractivity contribution >= 4 is 18.2 Å². The Morgan fingerprint density at radius 1 is 1.18 bits per heavy atom. The predicted molar refractivity (Wildman–Crippen MR) is 81.4 cm³/mol. The van der Waals surface area contributed by atoms with Gasteiger partial charge in [0.25, 0.3) is 0 Å². The molecular weight excluding hydrogens is 224 g/mol. The van der Waals surface area contributed by atoms with E-state index in [1.165, 1.54) is 5.57 Å². The third-order valence-electron chi connectivity index (χ3n) is 2.63. The van der Waals surface area contributed by atoms with Crippen LogP contribution in [-0.4, -0.2) is 4.75 Å². The van der Waals surface area contributed by atoms with Gasteiger partial charge in [0, 0.05) is 4.75 Å². The molecule has 0 bridgehead atoms. The van der Waals surface area contributed by atoms with E-state index in [1.54, 1.807) is 0 Å². The summed E-state index contributed by atoms with van der Waals surface area (Å²) in [6.45, 7) is 10.3. The molecule has 17 heavy (non-hydrogen) atoms. The van der Waals surface area contributed by atoms with Crippen molar-refractivity contribution in [1.82, 2.24) is 0 Å². The van der Waals surface area contributed by atoms with Crippen molar-refractivity contribution in [3.63, 3.8) is 0 Å². The van der Waals surface area contributed by atoms with Gasteiger partial charge in [0.15, 0.2) is 0 Å². The lowest BCUT2D eigenvalue weighted by Gasteiger charge is -2.18. The van der Waals surface area contributed by atoms with E-state index >= 15 is 0 Å². The van der Waals surface area contributed by atoms with Gasteiger partial charge in [-0.3, -0.25) is 0 Å². The highest BCUT2D eigenvalue weighted by atomic mass is 32.1. The molecule has 0 aromatic heterocycles. The summed E-state index contributed by atoms with van der Waals surface area (Å²) < 4.78 is -0.123. The molecule has 0 N–H and O–H groups in total. The Bertz CT molecular complexity index is 430. The van der Waals surface area contributed by atoms with Crippen molar-refractivity contribution < 1.29 is 0 Å². The first-order valence-electron chi connectivity index (χ1n) is 5.76. The fourth-order valence-electron chi connectivity index (χ4n) is 1.59. The van der Waals surface area contributed by atoms with E-state index in [-0.39, 0.29) is 4.75 Å². The quantitative estimate of drug-likeness (QED) is 0.564. The maximum Gasteiger partial charge on any atom is 0.0318 e. The van der Waals surface area contributed by atoms with E-state index in [0.717, 1.165) is 11.1 Å². The fourth-order valence-corrected chi connectivity index (χ4v) is 1.80. The normalized spacial score (nSPS) is 13.1. The molecule has 0 aliphatic heterocycles. The molecule has 0 saturated heterocycles. The summed E-state index contributed by atoms with van der Waals surface area (Å²) in [4.78, 5) is 0. The maximum absolute atomic E-state index is 4.57. The molecule has 1 aromatic rings. The van der Waals surface area contributed by atoms with Gasteiger partial charge in [-0.2, -0.15) is 12.6 Å². The van der Waals surface area contributed by atoms with Crippen LogP contribution in [0.5, 0.6) is 0 Å². The molecule has 0 unspecified atom stereocenters. The Morgan fingerprint density at radius 3 is 2.24 bits per heavy atom. The van der Waals surface area contributed by atoms with Gasteiger partial charge in [-0.15, -0.1) is 0 Å². The third kappa shape index (κ3) is 4.27. The van der Waals surface area contributed by atoms with E-state index in [9.17, 15) is 0 Å². The zero-order valence-corrected chi connectivity index (χ0v) is 11.7. The lowest BCUT2D eigenvalue weighted by atomic mass is 9.99. The van der Waals surface area contributed by atoms with E-state index < -0.39 is 0 Å². The van der Waals surface area contributed by atoms with Crippen LogP contribution in [0.4, 0.5) is 0 Å². The molecule has 0 nitrogen and oxygen atoms in total. The summed E-state index contributed by atoms with van der Waals surface area (Å²) in [5.74, 6) is 0. The summed E-state index contributed by atoms with van der Waals surface area (Å²) >= 11 is 4.57. The third-order valence-corrected chi connectivity index (χ3v) is 2.88. The molecule has 0 fully saturated rings. The van der Waals surface area contributed by atoms with Crippen LogP contribution in [0, 0.1) is 0 Å². The average Bonchev–Trinajstić information content (AvgIpc) is 2.29. The summed E-state index contributed by atoms with van der Waals surface area (Å²) in [5.41, 5.74) is 3.36. The van der Waals surface area contributed by atoms with E-state index in [0.29, 0.717) is 0 Å². The molecule has 0 saturated carbocycles.